The third-order valence-corrected chi connectivity index (χ3v) is 4.68. The van der Waals surface area contributed by atoms with Crippen LogP contribution >= 0.6 is 11.6 Å². The van der Waals surface area contributed by atoms with Gasteiger partial charge in [0.25, 0.3) is 0 Å². The Morgan fingerprint density at radius 2 is 1.93 bits per heavy atom. The summed E-state index contributed by atoms with van der Waals surface area (Å²) in [7, 11) is 0.0539. The van der Waals surface area contributed by atoms with Gasteiger partial charge in [0.15, 0.2) is 0 Å². The minimum Gasteiger partial charge on any atom is -0.281 e. The highest BCUT2D eigenvalue weighted by molar-refractivity contribution is 6.63. The molecule has 0 saturated heterocycles. The molecule has 0 bridgehead atoms. The van der Waals surface area contributed by atoms with Crippen molar-refractivity contribution in [1.29, 1.82) is 0 Å². The van der Waals surface area contributed by atoms with E-state index in [1.807, 2.05) is 0 Å². The van der Waals surface area contributed by atoms with Crippen LogP contribution in [0.2, 0.25) is 6.04 Å². The zero-order valence-corrected chi connectivity index (χ0v) is 11.5. The molecular formula is C11H21ClOSi. The van der Waals surface area contributed by atoms with Crippen LogP contribution < -0.4 is 0 Å². The fraction of sp³-hybridized carbons (Fsp3) is 0.727. The van der Waals surface area contributed by atoms with Crippen LogP contribution in [0.1, 0.15) is 46.0 Å². The van der Waals surface area contributed by atoms with E-state index in [0.29, 0.717) is 6.42 Å². The Kier molecular flexibility index (Phi) is 9.41. The summed E-state index contributed by atoms with van der Waals surface area (Å²) in [4.78, 5) is 10.4. The number of halogens is 1. The van der Waals surface area contributed by atoms with Crippen LogP contribution in [-0.2, 0) is 4.79 Å². The first-order valence-corrected chi connectivity index (χ1v) is 7.55. The normalized spacial score (nSPS) is 12.6. The summed E-state index contributed by atoms with van der Waals surface area (Å²) in [5.41, 5.74) is 0. The van der Waals surface area contributed by atoms with Crippen molar-refractivity contribution in [3.05, 3.63) is 11.3 Å². The van der Waals surface area contributed by atoms with Gasteiger partial charge >= 0.3 is 0 Å². The fourth-order valence-electron chi connectivity index (χ4n) is 1.34. The van der Waals surface area contributed by atoms with Gasteiger partial charge in [0, 0.05) is 15.9 Å². The average molecular weight is 233 g/mol. The molecule has 0 aliphatic heterocycles. The highest BCUT2D eigenvalue weighted by Crippen LogP contribution is 2.08. The maximum atomic E-state index is 10.4. The van der Waals surface area contributed by atoms with Gasteiger partial charge in [-0.1, -0.05) is 36.6 Å². The Labute approximate surface area is 94.7 Å². The maximum absolute atomic E-state index is 10.4. The molecule has 0 aromatic heterocycles. The van der Waals surface area contributed by atoms with Crippen molar-refractivity contribution in [1.82, 2.24) is 0 Å². The molecule has 0 fully saturated rings. The number of hydrogen-bond donors (Lipinski definition) is 0. The van der Waals surface area contributed by atoms with Gasteiger partial charge in [-0.05, 0) is 31.9 Å². The van der Waals surface area contributed by atoms with E-state index in [0.717, 1.165) is 12.8 Å². The average Bonchev–Trinajstić information content (AvgIpc) is 2.15. The molecule has 3 heteroatoms. The molecule has 0 heterocycles. The molecule has 0 aromatic rings. The quantitative estimate of drug-likeness (QED) is 0.357. The molecule has 1 nitrogen and oxygen atoms in total. The molecule has 0 unspecified atom stereocenters. The van der Waals surface area contributed by atoms with Crippen molar-refractivity contribution in [2.45, 2.75) is 52.0 Å². The first kappa shape index (κ1) is 13.9. The summed E-state index contributed by atoms with van der Waals surface area (Å²) >= 11 is 5.24. The number of rotatable bonds is 8. The minimum absolute atomic E-state index is 0.0539. The summed E-state index contributed by atoms with van der Waals surface area (Å²) in [6, 6.07) is 1.41. The van der Waals surface area contributed by atoms with Gasteiger partial charge in [-0.2, -0.15) is 0 Å². The molecular weight excluding hydrogens is 212 g/mol. The first-order valence-electron chi connectivity index (χ1n) is 5.47. The highest BCUT2D eigenvalue weighted by atomic mass is 35.5. The van der Waals surface area contributed by atoms with E-state index in [1.54, 1.807) is 5.20 Å². The van der Waals surface area contributed by atoms with Crippen molar-refractivity contribution in [3.63, 3.8) is 0 Å². The Bertz CT molecular complexity index is 190. The zero-order chi connectivity index (χ0) is 10.8. The lowest BCUT2D eigenvalue weighted by atomic mass is 10.2. The van der Waals surface area contributed by atoms with Crippen molar-refractivity contribution in [2.75, 3.05) is 0 Å². The Morgan fingerprint density at radius 1 is 1.29 bits per heavy atom. The number of carbonyl (C=O) groups is 1. The van der Waals surface area contributed by atoms with Crippen LogP contribution in [-0.4, -0.2) is 14.8 Å². The van der Waals surface area contributed by atoms with Crippen LogP contribution in [0, 0.1) is 0 Å². The molecule has 0 atom stereocenters. The van der Waals surface area contributed by atoms with Gasteiger partial charge in [0.2, 0.25) is 5.24 Å². The van der Waals surface area contributed by atoms with E-state index in [4.69, 9.17) is 11.6 Å². The third kappa shape index (κ3) is 10.0. The fourth-order valence-corrected chi connectivity index (χ4v) is 2.93. The smallest absolute Gasteiger partial charge is 0.221 e. The molecule has 0 N–H and O–H groups in total. The maximum Gasteiger partial charge on any atom is 0.221 e. The Balaban J connectivity index is 3.10. The predicted octanol–water partition coefficient (Wildman–Crippen LogP) is 3.21. The molecule has 0 aliphatic carbocycles. The third-order valence-electron chi connectivity index (χ3n) is 2.44. The number of unbranched alkanes of at least 4 members (excludes halogenated alkanes) is 3. The van der Waals surface area contributed by atoms with Crippen molar-refractivity contribution in [3.8, 4) is 0 Å². The Hall–Kier alpha value is -0.0831. The summed E-state index contributed by atoms with van der Waals surface area (Å²) in [5.74, 6) is 0. The molecule has 0 rings (SSSR count). The van der Waals surface area contributed by atoms with E-state index >= 15 is 0 Å². The van der Waals surface area contributed by atoms with Gasteiger partial charge in [-0.25, -0.2) is 0 Å². The molecule has 0 aliphatic rings. The number of carbonyl (C=O) groups excluding carboxylic acids is 1. The van der Waals surface area contributed by atoms with E-state index in [2.05, 4.69) is 19.9 Å². The highest BCUT2D eigenvalue weighted by Gasteiger charge is 1.96. The number of allylic oxidation sites excluding steroid dienone is 2. The Morgan fingerprint density at radius 3 is 2.50 bits per heavy atom. The van der Waals surface area contributed by atoms with Crippen LogP contribution in [0.3, 0.4) is 0 Å². The van der Waals surface area contributed by atoms with E-state index in [9.17, 15) is 4.79 Å². The second-order valence-electron chi connectivity index (χ2n) is 3.76. The van der Waals surface area contributed by atoms with Crippen molar-refractivity contribution in [2.24, 2.45) is 0 Å². The van der Waals surface area contributed by atoms with Gasteiger partial charge < -0.3 is 0 Å². The van der Waals surface area contributed by atoms with Crippen LogP contribution in [0.25, 0.3) is 0 Å². The standard InChI is InChI=1S/C11H21ClOSi/c1-3-10(2)14-9-7-5-4-6-8-11(12)13/h3H,4-9,14H2,1-2H3. The SMILES string of the molecule is CC=C(C)[SiH2]CCCCCCC(=O)Cl. The van der Waals surface area contributed by atoms with Gasteiger partial charge in [-0.3, -0.25) is 4.79 Å². The van der Waals surface area contributed by atoms with Gasteiger partial charge in [-0.15, -0.1) is 0 Å². The van der Waals surface area contributed by atoms with Crippen molar-refractivity contribution >= 4 is 26.4 Å². The predicted molar refractivity (Wildman–Crippen MR) is 66.7 cm³/mol. The second kappa shape index (κ2) is 9.47. The molecule has 0 radical (unpaired) electrons. The molecule has 0 aromatic carbocycles. The topological polar surface area (TPSA) is 17.1 Å². The molecule has 0 amide bonds. The van der Waals surface area contributed by atoms with Crippen LogP contribution in [0.4, 0.5) is 0 Å². The van der Waals surface area contributed by atoms with Crippen LogP contribution in [0.15, 0.2) is 11.3 Å². The van der Waals surface area contributed by atoms with E-state index < -0.39 is 0 Å². The monoisotopic (exact) mass is 232 g/mol. The largest absolute Gasteiger partial charge is 0.281 e. The number of hydrogen-bond acceptors (Lipinski definition) is 1. The van der Waals surface area contributed by atoms with E-state index in [-0.39, 0.29) is 14.8 Å². The first-order chi connectivity index (χ1) is 6.66. The molecule has 0 spiro atoms. The lowest BCUT2D eigenvalue weighted by Gasteiger charge is -2.00. The summed E-state index contributed by atoms with van der Waals surface area (Å²) in [5, 5.41) is 1.42. The van der Waals surface area contributed by atoms with Crippen LogP contribution in [0.5, 0.6) is 0 Å². The lowest BCUT2D eigenvalue weighted by Crippen LogP contribution is -1.92. The summed E-state index contributed by atoms with van der Waals surface area (Å²) in [6.07, 6.45) is 7.49. The van der Waals surface area contributed by atoms with Crippen molar-refractivity contribution < 1.29 is 4.79 Å². The van der Waals surface area contributed by atoms with Gasteiger partial charge in [0.05, 0.1) is 0 Å². The zero-order valence-electron chi connectivity index (χ0n) is 9.31. The molecule has 0 saturated carbocycles. The summed E-state index contributed by atoms with van der Waals surface area (Å²) in [6.45, 7) is 4.35. The second-order valence-corrected chi connectivity index (χ2v) is 6.50. The van der Waals surface area contributed by atoms with Gasteiger partial charge in [0.1, 0.15) is 0 Å². The lowest BCUT2D eigenvalue weighted by molar-refractivity contribution is -0.111. The minimum atomic E-state index is -0.191. The molecule has 14 heavy (non-hydrogen) atoms. The van der Waals surface area contributed by atoms with E-state index in [1.165, 1.54) is 18.9 Å². The summed E-state index contributed by atoms with van der Waals surface area (Å²) < 4.78 is 0. The molecule has 82 valence electrons.